The van der Waals surface area contributed by atoms with Crippen LogP contribution in [0.5, 0.6) is 0 Å². The molecule has 2 aliphatic rings. The zero-order chi connectivity index (χ0) is 26.6. The van der Waals surface area contributed by atoms with Crippen LogP contribution in [-0.2, 0) is 25.7 Å². The predicted octanol–water partition coefficient (Wildman–Crippen LogP) is 4.16. The second kappa shape index (κ2) is 14.5. The molecule has 0 aliphatic carbocycles. The van der Waals surface area contributed by atoms with Crippen LogP contribution in [0.1, 0.15) is 55.8 Å². The predicted molar refractivity (Wildman–Crippen MR) is 147 cm³/mol. The highest BCUT2D eigenvalue weighted by Gasteiger charge is 2.25. The van der Waals surface area contributed by atoms with Gasteiger partial charge in [0.15, 0.2) is 0 Å². The quantitative estimate of drug-likeness (QED) is 0.425. The Hall–Kier alpha value is -3.45. The molecular weight excluding hydrogens is 478 g/mol. The Morgan fingerprint density at radius 2 is 1.68 bits per heavy atom. The summed E-state index contributed by atoms with van der Waals surface area (Å²) in [5.41, 5.74) is 2.16. The molecule has 7 nitrogen and oxygen atoms in total. The second-order valence-electron chi connectivity index (χ2n) is 10.3. The Labute approximate surface area is 225 Å². The maximum absolute atomic E-state index is 13.0. The van der Waals surface area contributed by atoms with E-state index >= 15 is 0 Å². The van der Waals surface area contributed by atoms with Crippen molar-refractivity contribution in [3.8, 4) is 0 Å². The zero-order valence-corrected chi connectivity index (χ0v) is 22.0. The number of allylic oxidation sites excluding steroid dienone is 2. The lowest BCUT2D eigenvalue weighted by Crippen LogP contribution is -2.40. The number of rotatable bonds is 7. The van der Waals surface area contributed by atoms with E-state index in [2.05, 4.69) is 39.8 Å². The molecule has 2 aromatic carbocycles. The fourth-order valence-electron chi connectivity index (χ4n) is 5.06. The first-order valence-corrected chi connectivity index (χ1v) is 13.8. The summed E-state index contributed by atoms with van der Waals surface area (Å²) in [5, 5.41) is 6.00. The summed E-state index contributed by atoms with van der Waals surface area (Å²) in [4.78, 5) is 40.6. The molecule has 4 rings (SSSR count). The van der Waals surface area contributed by atoms with Gasteiger partial charge in [0.25, 0.3) is 0 Å². The topological polar surface area (TPSA) is 87.7 Å². The molecule has 1 fully saturated rings. The minimum atomic E-state index is -0.557. The first-order chi connectivity index (χ1) is 18.6. The Bertz CT molecular complexity index is 1070. The summed E-state index contributed by atoms with van der Waals surface area (Å²) in [6.45, 7) is 3.84. The molecule has 38 heavy (non-hydrogen) atoms. The normalized spacial score (nSPS) is 22.8. The summed E-state index contributed by atoms with van der Waals surface area (Å²) in [5.74, 6) is -0.594. The molecule has 2 atom stereocenters. The Balaban J connectivity index is 1.25. The van der Waals surface area contributed by atoms with Gasteiger partial charge in [0.1, 0.15) is 6.10 Å². The van der Waals surface area contributed by atoms with Crippen molar-refractivity contribution in [3.05, 3.63) is 83.9 Å². The van der Waals surface area contributed by atoms with Gasteiger partial charge in [-0.2, -0.15) is 0 Å². The number of esters is 1. The van der Waals surface area contributed by atoms with Gasteiger partial charge in [-0.05, 0) is 55.8 Å². The first-order valence-electron chi connectivity index (χ1n) is 13.8. The highest BCUT2D eigenvalue weighted by molar-refractivity contribution is 5.86. The fraction of sp³-hybridized carbons (Fsp3) is 0.452. The van der Waals surface area contributed by atoms with Crippen LogP contribution in [0.2, 0.25) is 0 Å². The van der Waals surface area contributed by atoms with Gasteiger partial charge < -0.3 is 15.4 Å². The number of carbonyl (C=O) groups excluding carboxylic acids is 3. The van der Waals surface area contributed by atoms with E-state index in [4.69, 9.17) is 4.74 Å². The van der Waals surface area contributed by atoms with Crippen LogP contribution >= 0.6 is 0 Å². The molecule has 202 valence electrons. The zero-order valence-electron chi connectivity index (χ0n) is 22.0. The number of likely N-dealkylation sites (tertiary alicyclic amines) is 1. The molecule has 2 aromatic rings. The summed E-state index contributed by atoms with van der Waals surface area (Å²) in [6, 6.07) is 19.9. The summed E-state index contributed by atoms with van der Waals surface area (Å²) < 4.78 is 5.65. The number of ether oxygens (including phenoxy) is 1. The molecule has 0 bridgehead atoms. The maximum atomic E-state index is 13.0. The van der Waals surface area contributed by atoms with E-state index in [0.29, 0.717) is 25.3 Å². The van der Waals surface area contributed by atoms with Gasteiger partial charge in [-0.3, -0.25) is 19.3 Å². The highest BCUT2D eigenvalue weighted by Crippen LogP contribution is 2.21. The SMILES string of the molecule is O=C(C[C@@H]1C/C=C/CCC(=O)O[C@H](c2ccccc2)CNC1=O)NCC1CCN(Cc2ccccc2)CC1. The Morgan fingerprint density at radius 1 is 0.974 bits per heavy atom. The van der Waals surface area contributed by atoms with Gasteiger partial charge in [-0.25, -0.2) is 0 Å². The van der Waals surface area contributed by atoms with Gasteiger partial charge in [-0.15, -0.1) is 0 Å². The van der Waals surface area contributed by atoms with Crippen molar-refractivity contribution in [2.75, 3.05) is 26.2 Å². The van der Waals surface area contributed by atoms with Crippen molar-refractivity contribution in [3.63, 3.8) is 0 Å². The number of carbonyl (C=O) groups is 3. The van der Waals surface area contributed by atoms with E-state index in [1.54, 1.807) is 0 Å². The van der Waals surface area contributed by atoms with Crippen molar-refractivity contribution in [1.82, 2.24) is 15.5 Å². The van der Waals surface area contributed by atoms with Gasteiger partial charge in [0, 0.05) is 25.9 Å². The van der Waals surface area contributed by atoms with Gasteiger partial charge in [0.05, 0.1) is 12.5 Å². The molecule has 0 saturated carbocycles. The lowest BCUT2D eigenvalue weighted by atomic mass is 9.95. The van der Waals surface area contributed by atoms with Crippen molar-refractivity contribution < 1.29 is 19.1 Å². The number of hydrogen-bond donors (Lipinski definition) is 2. The fourth-order valence-corrected chi connectivity index (χ4v) is 5.06. The molecule has 0 unspecified atom stereocenters. The third-order valence-corrected chi connectivity index (χ3v) is 7.36. The second-order valence-corrected chi connectivity index (χ2v) is 10.3. The third kappa shape index (κ3) is 8.84. The smallest absolute Gasteiger partial charge is 0.306 e. The maximum Gasteiger partial charge on any atom is 0.306 e. The monoisotopic (exact) mass is 517 g/mol. The van der Waals surface area contributed by atoms with E-state index in [0.717, 1.165) is 38.0 Å². The van der Waals surface area contributed by atoms with E-state index in [9.17, 15) is 14.4 Å². The number of hydrogen-bond acceptors (Lipinski definition) is 5. The summed E-state index contributed by atoms with van der Waals surface area (Å²) >= 11 is 0. The number of benzene rings is 2. The minimum absolute atomic E-state index is 0.0941. The Morgan fingerprint density at radius 3 is 2.42 bits per heavy atom. The molecule has 0 radical (unpaired) electrons. The standard InChI is InChI=1S/C31H39N3O4/c35-29(32-21-24-16-18-34(19-17-24)23-25-10-4-1-5-11-25)20-27-14-8-3-9-15-30(36)38-28(22-33-31(27)37)26-12-6-2-7-13-26/h1-8,10-13,24,27-28H,9,14-23H2,(H,32,35)(H,33,37)/b8-3+/t27-,28-/m0/s1. The van der Waals surface area contributed by atoms with Crippen molar-refractivity contribution in [1.29, 1.82) is 0 Å². The Kier molecular flexibility index (Phi) is 10.5. The molecule has 2 heterocycles. The van der Waals surface area contributed by atoms with Crippen LogP contribution in [-0.4, -0.2) is 48.9 Å². The van der Waals surface area contributed by atoms with E-state index in [1.165, 1.54) is 5.56 Å². The molecule has 2 aliphatic heterocycles. The van der Waals surface area contributed by atoms with E-state index in [-0.39, 0.29) is 37.2 Å². The van der Waals surface area contributed by atoms with Crippen LogP contribution < -0.4 is 10.6 Å². The lowest BCUT2D eigenvalue weighted by molar-refractivity contribution is -0.150. The van der Waals surface area contributed by atoms with Crippen LogP contribution in [0, 0.1) is 11.8 Å². The molecule has 7 heteroatoms. The molecule has 0 aromatic heterocycles. The summed E-state index contributed by atoms with van der Waals surface area (Å²) in [6.07, 6.45) is 6.76. The van der Waals surface area contributed by atoms with Crippen molar-refractivity contribution in [2.45, 2.75) is 51.2 Å². The number of nitrogens with zero attached hydrogens (tertiary/aromatic N) is 1. The van der Waals surface area contributed by atoms with Crippen LogP contribution in [0.15, 0.2) is 72.8 Å². The number of cyclic esters (lactones) is 1. The van der Waals surface area contributed by atoms with Crippen molar-refractivity contribution in [2.24, 2.45) is 11.8 Å². The van der Waals surface area contributed by atoms with Gasteiger partial charge in [-0.1, -0.05) is 72.8 Å². The largest absolute Gasteiger partial charge is 0.456 e. The van der Waals surface area contributed by atoms with Crippen molar-refractivity contribution >= 4 is 17.8 Å². The molecule has 2 N–H and O–H groups in total. The number of nitrogens with one attached hydrogen (secondary N) is 2. The number of amides is 2. The molecule has 1 saturated heterocycles. The van der Waals surface area contributed by atoms with Crippen LogP contribution in [0.3, 0.4) is 0 Å². The average Bonchev–Trinajstić information content (AvgIpc) is 2.94. The molecular formula is C31H39N3O4. The summed E-state index contributed by atoms with van der Waals surface area (Å²) in [7, 11) is 0. The lowest BCUT2D eigenvalue weighted by Gasteiger charge is -2.32. The molecule has 0 spiro atoms. The average molecular weight is 518 g/mol. The van der Waals surface area contributed by atoms with Gasteiger partial charge in [0.2, 0.25) is 11.8 Å². The number of piperidine rings is 1. The van der Waals surface area contributed by atoms with Crippen LogP contribution in [0.4, 0.5) is 0 Å². The van der Waals surface area contributed by atoms with Crippen LogP contribution in [0.25, 0.3) is 0 Å². The third-order valence-electron chi connectivity index (χ3n) is 7.36. The minimum Gasteiger partial charge on any atom is -0.456 e. The first kappa shape index (κ1) is 27.6. The van der Waals surface area contributed by atoms with Gasteiger partial charge >= 0.3 is 5.97 Å². The van der Waals surface area contributed by atoms with E-state index in [1.807, 2.05) is 48.6 Å². The highest BCUT2D eigenvalue weighted by atomic mass is 16.5. The molecule has 2 amide bonds. The van der Waals surface area contributed by atoms with E-state index < -0.39 is 12.0 Å².